The van der Waals surface area contributed by atoms with Gasteiger partial charge < -0.3 is 9.84 Å². The van der Waals surface area contributed by atoms with Gasteiger partial charge in [-0.2, -0.15) is 0 Å². The summed E-state index contributed by atoms with van der Waals surface area (Å²) in [5.41, 5.74) is -0.502. The Balaban J connectivity index is 2.19. The monoisotopic (exact) mass is 254 g/mol. The quantitative estimate of drug-likeness (QED) is 0.827. The third-order valence-corrected chi connectivity index (χ3v) is 6.47. The van der Waals surface area contributed by atoms with Gasteiger partial charge in [-0.1, -0.05) is 20.8 Å². The van der Waals surface area contributed by atoms with Crippen LogP contribution in [0.25, 0.3) is 0 Å². The maximum Gasteiger partial charge on any atom is 0.0755 e. The summed E-state index contributed by atoms with van der Waals surface area (Å²) in [5, 5.41) is 11.4. The van der Waals surface area contributed by atoms with Crippen LogP contribution in [0.3, 0.4) is 0 Å². The Morgan fingerprint density at radius 1 is 1.28 bits per heavy atom. The first kappa shape index (κ1) is 14.3. The van der Waals surface area contributed by atoms with E-state index in [-0.39, 0.29) is 16.4 Å². The van der Waals surface area contributed by atoms with Gasteiger partial charge in [-0.15, -0.1) is 0 Å². The summed E-state index contributed by atoms with van der Waals surface area (Å²) in [6, 6.07) is 0. The number of aliphatic hydroxyl groups is 1. The molecule has 0 radical (unpaired) electrons. The van der Waals surface area contributed by atoms with E-state index in [0.29, 0.717) is 5.92 Å². The van der Waals surface area contributed by atoms with Crippen molar-refractivity contribution in [2.45, 2.75) is 77.9 Å². The Bertz CT molecular complexity index is 327. The minimum Gasteiger partial charge on any atom is -0.389 e. The van der Waals surface area contributed by atoms with Gasteiger partial charge in [0.1, 0.15) is 0 Å². The molecule has 0 aromatic carbocycles. The van der Waals surface area contributed by atoms with Gasteiger partial charge in [-0.05, 0) is 62.7 Å². The molecule has 2 nitrogen and oxygen atoms in total. The first-order chi connectivity index (χ1) is 8.08. The topological polar surface area (TPSA) is 29.5 Å². The van der Waals surface area contributed by atoms with Gasteiger partial charge in [0, 0.05) is 7.11 Å². The number of hydrogen-bond donors (Lipinski definition) is 1. The maximum absolute atomic E-state index is 11.4. The van der Waals surface area contributed by atoms with Crippen molar-refractivity contribution in [2.24, 2.45) is 16.7 Å². The zero-order chi connectivity index (χ0) is 13.8. The molecule has 0 heterocycles. The predicted molar refractivity (Wildman–Crippen MR) is 74.5 cm³/mol. The number of hydrogen-bond acceptors (Lipinski definition) is 2. The molecular formula is C16H30O2. The number of ether oxygens (including phenoxy) is 1. The molecule has 2 heteroatoms. The first-order valence-electron chi connectivity index (χ1n) is 7.36. The number of rotatable bonds is 4. The summed E-state index contributed by atoms with van der Waals surface area (Å²) in [5.74, 6) is 0.693. The second kappa shape index (κ2) is 3.96. The van der Waals surface area contributed by atoms with Crippen LogP contribution in [0.4, 0.5) is 0 Å². The molecule has 0 aliphatic heterocycles. The third-order valence-electron chi connectivity index (χ3n) is 6.47. The van der Waals surface area contributed by atoms with Crippen LogP contribution < -0.4 is 0 Å². The molecule has 1 N–H and O–H groups in total. The molecule has 2 fully saturated rings. The van der Waals surface area contributed by atoms with E-state index in [1.54, 1.807) is 7.11 Å². The lowest BCUT2D eigenvalue weighted by Gasteiger charge is -2.51. The standard InChI is InChI=1S/C16H30O2/c1-13(2,18-6)9-10-16(17)14(3,4)12-7-8-15(16,5)11-12/h12,17H,7-11H2,1-6H3. The van der Waals surface area contributed by atoms with Crippen molar-refractivity contribution < 1.29 is 9.84 Å². The maximum atomic E-state index is 11.4. The van der Waals surface area contributed by atoms with Gasteiger partial charge in [-0.25, -0.2) is 0 Å². The van der Waals surface area contributed by atoms with Gasteiger partial charge in [-0.3, -0.25) is 0 Å². The summed E-state index contributed by atoms with van der Waals surface area (Å²) >= 11 is 0. The highest BCUT2D eigenvalue weighted by atomic mass is 16.5. The molecule has 2 aliphatic rings. The molecule has 2 aliphatic carbocycles. The minimum absolute atomic E-state index is 0.0455. The Labute approximate surface area is 112 Å². The summed E-state index contributed by atoms with van der Waals surface area (Å²) in [6.45, 7) is 11.0. The molecule has 2 saturated carbocycles. The average Bonchev–Trinajstić information content (AvgIpc) is 2.75. The molecule has 0 saturated heterocycles. The van der Waals surface area contributed by atoms with Crippen molar-refractivity contribution in [1.29, 1.82) is 0 Å². The van der Waals surface area contributed by atoms with Gasteiger partial charge in [0.05, 0.1) is 11.2 Å². The molecule has 2 bridgehead atoms. The summed E-state index contributed by atoms with van der Waals surface area (Å²) in [7, 11) is 1.76. The lowest BCUT2D eigenvalue weighted by molar-refractivity contribution is -0.156. The van der Waals surface area contributed by atoms with Gasteiger partial charge in [0.2, 0.25) is 0 Å². The van der Waals surface area contributed by atoms with E-state index in [1.807, 2.05) is 0 Å². The van der Waals surface area contributed by atoms with E-state index in [9.17, 15) is 5.11 Å². The van der Waals surface area contributed by atoms with Crippen LogP contribution >= 0.6 is 0 Å². The molecule has 0 aromatic heterocycles. The average molecular weight is 254 g/mol. The fourth-order valence-corrected chi connectivity index (χ4v) is 4.56. The SMILES string of the molecule is COC(C)(C)CCC1(O)C2(C)CCC(C2)C1(C)C. The molecule has 106 valence electrons. The summed E-state index contributed by atoms with van der Waals surface area (Å²) in [4.78, 5) is 0. The Morgan fingerprint density at radius 3 is 2.33 bits per heavy atom. The molecule has 0 aromatic rings. The fourth-order valence-electron chi connectivity index (χ4n) is 4.56. The molecule has 0 amide bonds. The molecule has 18 heavy (non-hydrogen) atoms. The van der Waals surface area contributed by atoms with Crippen molar-refractivity contribution >= 4 is 0 Å². The van der Waals surface area contributed by atoms with Gasteiger partial charge in [0.15, 0.2) is 0 Å². The van der Waals surface area contributed by atoms with Crippen molar-refractivity contribution in [3.63, 3.8) is 0 Å². The van der Waals surface area contributed by atoms with E-state index in [4.69, 9.17) is 4.74 Å². The van der Waals surface area contributed by atoms with Crippen molar-refractivity contribution in [1.82, 2.24) is 0 Å². The minimum atomic E-state index is -0.529. The van der Waals surface area contributed by atoms with Gasteiger partial charge in [0.25, 0.3) is 0 Å². The van der Waals surface area contributed by atoms with E-state index >= 15 is 0 Å². The van der Waals surface area contributed by atoms with Crippen LogP contribution in [0, 0.1) is 16.7 Å². The molecular weight excluding hydrogens is 224 g/mol. The van der Waals surface area contributed by atoms with Gasteiger partial charge >= 0.3 is 0 Å². The highest BCUT2D eigenvalue weighted by Gasteiger charge is 2.67. The van der Waals surface area contributed by atoms with Crippen LogP contribution in [0.15, 0.2) is 0 Å². The van der Waals surface area contributed by atoms with Crippen LogP contribution in [0.5, 0.6) is 0 Å². The summed E-state index contributed by atoms with van der Waals surface area (Å²) < 4.78 is 5.51. The van der Waals surface area contributed by atoms with E-state index < -0.39 is 5.60 Å². The third kappa shape index (κ3) is 1.76. The highest BCUT2D eigenvalue weighted by molar-refractivity contribution is 5.18. The lowest BCUT2D eigenvalue weighted by atomic mass is 9.58. The second-order valence-corrected chi connectivity index (χ2v) is 8.05. The van der Waals surface area contributed by atoms with Crippen LogP contribution in [-0.4, -0.2) is 23.4 Å². The Kier molecular flexibility index (Phi) is 3.15. The molecule has 3 atom stereocenters. The first-order valence-corrected chi connectivity index (χ1v) is 7.36. The highest BCUT2D eigenvalue weighted by Crippen LogP contribution is 2.69. The molecule has 2 rings (SSSR count). The lowest BCUT2D eigenvalue weighted by Crippen LogP contribution is -2.54. The van der Waals surface area contributed by atoms with Crippen LogP contribution in [0.1, 0.15) is 66.7 Å². The fraction of sp³-hybridized carbons (Fsp3) is 1.00. The van der Waals surface area contributed by atoms with Crippen molar-refractivity contribution in [3.8, 4) is 0 Å². The zero-order valence-corrected chi connectivity index (χ0v) is 13.0. The van der Waals surface area contributed by atoms with Crippen molar-refractivity contribution in [3.05, 3.63) is 0 Å². The summed E-state index contributed by atoms with van der Waals surface area (Å²) in [6.07, 6.45) is 5.45. The zero-order valence-electron chi connectivity index (χ0n) is 13.0. The Hall–Kier alpha value is -0.0800. The van der Waals surface area contributed by atoms with Crippen molar-refractivity contribution in [2.75, 3.05) is 7.11 Å². The largest absolute Gasteiger partial charge is 0.389 e. The number of methoxy groups -OCH3 is 1. The second-order valence-electron chi connectivity index (χ2n) is 8.05. The smallest absolute Gasteiger partial charge is 0.0755 e. The van der Waals surface area contributed by atoms with E-state index in [0.717, 1.165) is 12.8 Å². The van der Waals surface area contributed by atoms with Crippen LogP contribution in [-0.2, 0) is 4.74 Å². The van der Waals surface area contributed by atoms with Crippen LogP contribution in [0.2, 0.25) is 0 Å². The van der Waals surface area contributed by atoms with E-state index in [1.165, 1.54) is 19.3 Å². The number of fused-ring (bicyclic) bond motifs is 2. The molecule has 3 unspecified atom stereocenters. The van der Waals surface area contributed by atoms with E-state index in [2.05, 4.69) is 34.6 Å². The molecule has 0 spiro atoms. The Morgan fingerprint density at radius 2 is 1.89 bits per heavy atom. The predicted octanol–water partition coefficient (Wildman–Crippen LogP) is 3.77. The normalized spacial score (nSPS) is 42.5.